The van der Waals surface area contributed by atoms with Gasteiger partial charge in [-0.3, -0.25) is 0 Å². The molecule has 0 aliphatic heterocycles. The van der Waals surface area contributed by atoms with Crippen LogP contribution in [0.5, 0.6) is 0 Å². The van der Waals surface area contributed by atoms with Gasteiger partial charge >= 0.3 is 0 Å². The van der Waals surface area contributed by atoms with Gasteiger partial charge in [-0.15, -0.1) is 5.10 Å². The molecule has 0 saturated heterocycles. The molecule has 0 radical (unpaired) electrons. The third-order valence-corrected chi connectivity index (χ3v) is 3.47. The standard InChI is InChI=1S/C12H17BrN4O/c1-4-6-14-10(9-5-7-18-8(9)2)11-12(13)15-16-17(11)3/h5,7,10,14H,4,6H2,1-3H3. The number of aryl methyl sites for hydroxylation is 2. The topological polar surface area (TPSA) is 55.9 Å². The van der Waals surface area contributed by atoms with E-state index in [1.165, 1.54) is 0 Å². The Labute approximate surface area is 115 Å². The normalized spacial score (nSPS) is 12.9. The van der Waals surface area contributed by atoms with E-state index in [4.69, 9.17) is 4.42 Å². The van der Waals surface area contributed by atoms with Crippen molar-refractivity contribution in [2.24, 2.45) is 7.05 Å². The van der Waals surface area contributed by atoms with Crippen molar-refractivity contribution < 1.29 is 4.42 Å². The minimum Gasteiger partial charge on any atom is -0.469 e. The molecule has 5 nitrogen and oxygen atoms in total. The van der Waals surface area contributed by atoms with Gasteiger partial charge in [0, 0.05) is 12.6 Å². The lowest BCUT2D eigenvalue weighted by Crippen LogP contribution is -2.25. The lowest BCUT2D eigenvalue weighted by Gasteiger charge is -2.18. The minimum absolute atomic E-state index is 0.0399. The number of halogens is 1. The Balaban J connectivity index is 2.40. The molecular weight excluding hydrogens is 296 g/mol. The molecule has 0 spiro atoms. The van der Waals surface area contributed by atoms with E-state index in [0.29, 0.717) is 0 Å². The molecule has 18 heavy (non-hydrogen) atoms. The summed E-state index contributed by atoms with van der Waals surface area (Å²) in [7, 11) is 1.89. The average molecular weight is 313 g/mol. The molecule has 0 amide bonds. The van der Waals surface area contributed by atoms with Crippen molar-refractivity contribution in [1.29, 1.82) is 0 Å². The number of rotatable bonds is 5. The van der Waals surface area contributed by atoms with Crippen molar-refractivity contribution in [3.63, 3.8) is 0 Å². The van der Waals surface area contributed by atoms with Gasteiger partial charge in [0.2, 0.25) is 0 Å². The van der Waals surface area contributed by atoms with Crippen LogP contribution < -0.4 is 5.32 Å². The van der Waals surface area contributed by atoms with Gasteiger partial charge in [-0.25, -0.2) is 4.68 Å². The van der Waals surface area contributed by atoms with Crippen LogP contribution in [0, 0.1) is 6.92 Å². The van der Waals surface area contributed by atoms with Gasteiger partial charge in [-0.05, 0) is 41.9 Å². The van der Waals surface area contributed by atoms with Crippen LogP contribution in [0.25, 0.3) is 0 Å². The molecule has 2 rings (SSSR count). The zero-order valence-corrected chi connectivity index (χ0v) is 12.4. The highest BCUT2D eigenvalue weighted by molar-refractivity contribution is 9.10. The summed E-state index contributed by atoms with van der Waals surface area (Å²) in [6.45, 7) is 5.03. The van der Waals surface area contributed by atoms with Crippen molar-refractivity contribution in [1.82, 2.24) is 20.3 Å². The van der Waals surface area contributed by atoms with Crippen molar-refractivity contribution in [3.05, 3.63) is 34.0 Å². The Morgan fingerprint density at radius 1 is 1.56 bits per heavy atom. The number of furan rings is 1. The second-order valence-electron chi connectivity index (χ2n) is 4.21. The molecule has 2 aromatic rings. The highest BCUT2D eigenvalue weighted by Gasteiger charge is 2.24. The molecule has 1 N–H and O–H groups in total. The van der Waals surface area contributed by atoms with Crippen LogP contribution in [0.2, 0.25) is 0 Å². The van der Waals surface area contributed by atoms with Crippen LogP contribution in [-0.2, 0) is 7.05 Å². The molecule has 1 unspecified atom stereocenters. The molecular formula is C12H17BrN4O. The van der Waals surface area contributed by atoms with Gasteiger partial charge in [0.15, 0.2) is 4.60 Å². The Morgan fingerprint density at radius 3 is 2.83 bits per heavy atom. The summed E-state index contributed by atoms with van der Waals surface area (Å²) in [5.74, 6) is 0.914. The van der Waals surface area contributed by atoms with E-state index >= 15 is 0 Å². The van der Waals surface area contributed by atoms with Crippen LogP contribution in [0.4, 0.5) is 0 Å². The van der Waals surface area contributed by atoms with Crippen molar-refractivity contribution >= 4 is 15.9 Å². The Kier molecular flexibility index (Phi) is 4.19. The zero-order valence-electron chi connectivity index (χ0n) is 10.8. The maximum Gasteiger partial charge on any atom is 0.153 e. The maximum atomic E-state index is 5.40. The molecule has 2 heterocycles. The highest BCUT2D eigenvalue weighted by Crippen LogP contribution is 2.29. The molecule has 0 aromatic carbocycles. The Bertz CT molecular complexity index is 500. The summed E-state index contributed by atoms with van der Waals surface area (Å²) in [5.41, 5.74) is 2.13. The minimum atomic E-state index is 0.0399. The second-order valence-corrected chi connectivity index (χ2v) is 4.96. The quantitative estimate of drug-likeness (QED) is 0.922. The third kappa shape index (κ3) is 2.49. The second kappa shape index (κ2) is 5.67. The molecule has 1 atom stereocenters. The fraction of sp³-hybridized carbons (Fsp3) is 0.500. The predicted molar refractivity (Wildman–Crippen MR) is 72.3 cm³/mol. The number of nitrogens with zero attached hydrogens (tertiary/aromatic N) is 3. The van der Waals surface area contributed by atoms with Crippen LogP contribution >= 0.6 is 15.9 Å². The molecule has 0 bridgehead atoms. The van der Waals surface area contributed by atoms with E-state index in [0.717, 1.165) is 34.6 Å². The van der Waals surface area contributed by atoms with E-state index in [9.17, 15) is 0 Å². The van der Waals surface area contributed by atoms with Crippen LogP contribution in [0.3, 0.4) is 0 Å². The van der Waals surface area contributed by atoms with Gasteiger partial charge in [-0.1, -0.05) is 12.1 Å². The van der Waals surface area contributed by atoms with Crippen LogP contribution in [0.1, 0.15) is 36.4 Å². The fourth-order valence-corrected chi connectivity index (χ4v) is 2.54. The summed E-state index contributed by atoms with van der Waals surface area (Å²) in [6.07, 6.45) is 2.78. The van der Waals surface area contributed by atoms with Gasteiger partial charge in [-0.2, -0.15) is 0 Å². The average Bonchev–Trinajstić information content (AvgIpc) is 2.90. The third-order valence-electron chi connectivity index (χ3n) is 2.91. The molecule has 2 aromatic heterocycles. The molecule has 0 aliphatic carbocycles. The first-order valence-corrected chi connectivity index (χ1v) is 6.76. The van der Waals surface area contributed by atoms with Gasteiger partial charge in [0.25, 0.3) is 0 Å². The first-order chi connectivity index (χ1) is 8.65. The predicted octanol–water partition coefficient (Wildman–Crippen LogP) is 2.57. The van der Waals surface area contributed by atoms with E-state index < -0.39 is 0 Å². The Hall–Kier alpha value is -1.14. The molecule has 0 aliphatic rings. The number of hydrogen-bond acceptors (Lipinski definition) is 4. The SMILES string of the molecule is CCCNC(c1ccoc1C)c1c(Br)nnn1C. The van der Waals surface area contributed by atoms with Crippen LogP contribution in [-0.4, -0.2) is 21.5 Å². The van der Waals surface area contributed by atoms with Crippen molar-refractivity contribution in [2.45, 2.75) is 26.3 Å². The van der Waals surface area contributed by atoms with Gasteiger partial charge in [0.05, 0.1) is 18.0 Å². The van der Waals surface area contributed by atoms with E-state index in [2.05, 4.69) is 38.5 Å². The number of hydrogen-bond donors (Lipinski definition) is 1. The molecule has 98 valence electrons. The highest BCUT2D eigenvalue weighted by atomic mass is 79.9. The fourth-order valence-electron chi connectivity index (χ4n) is 1.98. The lowest BCUT2D eigenvalue weighted by molar-refractivity contribution is 0.507. The first kappa shape index (κ1) is 13.3. The summed E-state index contributed by atoms with van der Waals surface area (Å²) >= 11 is 3.45. The van der Waals surface area contributed by atoms with Crippen molar-refractivity contribution in [3.8, 4) is 0 Å². The van der Waals surface area contributed by atoms with E-state index in [-0.39, 0.29) is 6.04 Å². The largest absolute Gasteiger partial charge is 0.469 e. The smallest absolute Gasteiger partial charge is 0.153 e. The maximum absolute atomic E-state index is 5.40. The molecule has 0 saturated carbocycles. The zero-order chi connectivity index (χ0) is 13.1. The summed E-state index contributed by atoms with van der Waals surface area (Å²) < 4.78 is 7.94. The summed E-state index contributed by atoms with van der Waals surface area (Å²) in [4.78, 5) is 0. The van der Waals surface area contributed by atoms with Crippen molar-refractivity contribution in [2.75, 3.05) is 6.54 Å². The van der Waals surface area contributed by atoms with Crippen LogP contribution in [0.15, 0.2) is 21.3 Å². The summed E-state index contributed by atoms with van der Waals surface area (Å²) in [6, 6.07) is 2.03. The summed E-state index contributed by atoms with van der Waals surface area (Å²) in [5, 5.41) is 11.6. The monoisotopic (exact) mass is 312 g/mol. The van der Waals surface area contributed by atoms with Gasteiger partial charge < -0.3 is 9.73 Å². The lowest BCUT2D eigenvalue weighted by atomic mass is 10.0. The molecule has 6 heteroatoms. The van der Waals surface area contributed by atoms with E-state index in [1.807, 2.05) is 20.0 Å². The molecule has 0 fully saturated rings. The Morgan fingerprint density at radius 2 is 2.33 bits per heavy atom. The first-order valence-electron chi connectivity index (χ1n) is 5.97. The van der Waals surface area contributed by atoms with Gasteiger partial charge in [0.1, 0.15) is 5.76 Å². The number of nitrogens with one attached hydrogen (secondary N) is 1. The van der Waals surface area contributed by atoms with E-state index in [1.54, 1.807) is 10.9 Å². The number of aromatic nitrogens is 3.